The summed E-state index contributed by atoms with van der Waals surface area (Å²) in [5.74, 6) is -0.391. The van der Waals surface area contributed by atoms with Crippen LogP contribution in [-0.2, 0) is 16.1 Å². The summed E-state index contributed by atoms with van der Waals surface area (Å²) in [5.41, 5.74) is 4.41. The summed E-state index contributed by atoms with van der Waals surface area (Å²) < 4.78 is 5.51. The molecule has 190 valence electrons. The minimum atomic E-state index is -0.562. The molecular formula is C29H36N4O3. The van der Waals surface area contributed by atoms with Crippen LogP contribution in [0.25, 0.3) is 0 Å². The van der Waals surface area contributed by atoms with Crippen molar-refractivity contribution in [1.29, 1.82) is 0 Å². The van der Waals surface area contributed by atoms with E-state index < -0.39 is 12.0 Å². The van der Waals surface area contributed by atoms with Gasteiger partial charge in [-0.1, -0.05) is 60.7 Å². The summed E-state index contributed by atoms with van der Waals surface area (Å²) in [6.07, 6.45) is 1.69. The number of nitrogens with zero attached hydrogens (tertiary/aromatic N) is 3. The highest BCUT2D eigenvalue weighted by atomic mass is 16.5. The maximum absolute atomic E-state index is 13.3. The van der Waals surface area contributed by atoms with E-state index in [1.165, 1.54) is 5.56 Å². The molecule has 0 saturated carbocycles. The number of hydrogen-bond donors (Lipinski definition) is 1. The zero-order valence-electron chi connectivity index (χ0n) is 21.3. The molecule has 7 nitrogen and oxygen atoms in total. The lowest BCUT2D eigenvalue weighted by Gasteiger charge is -2.40. The number of carbonyl (C=O) groups is 2. The predicted octanol–water partition coefficient (Wildman–Crippen LogP) is 3.88. The van der Waals surface area contributed by atoms with Crippen LogP contribution in [0.5, 0.6) is 0 Å². The van der Waals surface area contributed by atoms with Gasteiger partial charge in [-0.05, 0) is 30.5 Å². The second-order valence-electron chi connectivity index (χ2n) is 9.26. The molecule has 1 N–H and O–H groups in total. The summed E-state index contributed by atoms with van der Waals surface area (Å²) >= 11 is 0. The number of hydrogen-bond acceptors (Lipinski definition) is 5. The molecule has 2 aliphatic rings. The van der Waals surface area contributed by atoms with Crippen molar-refractivity contribution in [3.05, 3.63) is 95.2 Å². The van der Waals surface area contributed by atoms with Gasteiger partial charge in [-0.3, -0.25) is 14.7 Å². The molecule has 0 spiro atoms. The standard InChI is InChI=1S/C29H36N4O3/c1-4-15-33-25(21-32-18-16-31(17-19-32)20-23-12-7-6-8-13-23)26(28(34)36-5-2)27(30-29(33)35)24-14-10-9-11-22(24)3/h4,6-14,27H,1,5,15-21H2,2-3H3,(H,30,35). The number of benzene rings is 2. The Kier molecular flexibility index (Phi) is 8.57. The largest absolute Gasteiger partial charge is 0.463 e. The zero-order chi connectivity index (χ0) is 25.5. The molecule has 0 aromatic heterocycles. The minimum Gasteiger partial charge on any atom is -0.463 e. The van der Waals surface area contributed by atoms with Crippen molar-refractivity contribution in [2.45, 2.75) is 26.4 Å². The highest BCUT2D eigenvalue weighted by Gasteiger charge is 2.39. The summed E-state index contributed by atoms with van der Waals surface area (Å²) in [5, 5.41) is 3.05. The average molecular weight is 489 g/mol. The molecule has 2 aliphatic heterocycles. The first-order valence-electron chi connectivity index (χ1n) is 12.6. The van der Waals surface area contributed by atoms with Crippen LogP contribution in [0.2, 0.25) is 0 Å². The topological polar surface area (TPSA) is 65.1 Å². The van der Waals surface area contributed by atoms with Gasteiger partial charge in [-0.25, -0.2) is 9.59 Å². The van der Waals surface area contributed by atoms with Gasteiger partial charge in [0.25, 0.3) is 0 Å². The second kappa shape index (κ2) is 12.0. The quantitative estimate of drug-likeness (QED) is 0.429. The van der Waals surface area contributed by atoms with Crippen molar-refractivity contribution >= 4 is 12.0 Å². The maximum Gasteiger partial charge on any atom is 0.338 e. The molecule has 36 heavy (non-hydrogen) atoms. The van der Waals surface area contributed by atoms with E-state index in [2.05, 4.69) is 46.0 Å². The molecule has 1 fully saturated rings. The third kappa shape index (κ3) is 5.86. The maximum atomic E-state index is 13.3. The summed E-state index contributed by atoms with van der Waals surface area (Å²) in [6, 6.07) is 17.5. The lowest BCUT2D eigenvalue weighted by molar-refractivity contribution is -0.139. The van der Waals surface area contributed by atoms with E-state index in [1.54, 1.807) is 17.9 Å². The molecule has 2 aromatic carbocycles. The Morgan fingerprint density at radius 3 is 2.31 bits per heavy atom. The van der Waals surface area contributed by atoms with Gasteiger partial charge in [-0.15, -0.1) is 6.58 Å². The van der Waals surface area contributed by atoms with Crippen LogP contribution in [-0.4, -0.2) is 72.6 Å². The monoisotopic (exact) mass is 488 g/mol. The molecule has 2 heterocycles. The van der Waals surface area contributed by atoms with Crippen LogP contribution >= 0.6 is 0 Å². The third-order valence-electron chi connectivity index (χ3n) is 6.83. The minimum absolute atomic E-state index is 0.228. The second-order valence-corrected chi connectivity index (χ2v) is 9.26. The smallest absolute Gasteiger partial charge is 0.338 e. The highest BCUT2D eigenvalue weighted by molar-refractivity contribution is 5.95. The van der Waals surface area contributed by atoms with Crippen molar-refractivity contribution in [2.24, 2.45) is 0 Å². The third-order valence-corrected chi connectivity index (χ3v) is 6.83. The number of amides is 2. The fourth-order valence-electron chi connectivity index (χ4n) is 4.95. The van der Waals surface area contributed by atoms with Gasteiger partial charge in [0, 0.05) is 51.5 Å². The molecule has 4 rings (SSSR count). The summed E-state index contributed by atoms with van der Waals surface area (Å²) in [6.45, 7) is 13.2. The van der Waals surface area contributed by atoms with E-state index in [1.807, 2.05) is 37.3 Å². The first-order valence-corrected chi connectivity index (χ1v) is 12.6. The van der Waals surface area contributed by atoms with Gasteiger partial charge in [0.05, 0.1) is 18.2 Å². The summed E-state index contributed by atoms with van der Waals surface area (Å²) in [7, 11) is 0. The highest BCUT2D eigenvalue weighted by Crippen LogP contribution is 2.33. The number of rotatable bonds is 9. The molecule has 2 aromatic rings. The average Bonchev–Trinajstić information content (AvgIpc) is 2.88. The van der Waals surface area contributed by atoms with Crippen molar-refractivity contribution in [3.8, 4) is 0 Å². The van der Waals surface area contributed by atoms with Crippen molar-refractivity contribution < 1.29 is 14.3 Å². The van der Waals surface area contributed by atoms with Gasteiger partial charge >= 0.3 is 12.0 Å². The normalized spacial score (nSPS) is 19.2. The van der Waals surface area contributed by atoms with Gasteiger partial charge in [0.15, 0.2) is 0 Å². The Hall–Kier alpha value is -3.42. The van der Waals surface area contributed by atoms with E-state index in [4.69, 9.17) is 4.74 Å². The Bertz CT molecular complexity index is 1110. The van der Waals surface area contributed by atoms with E-state index in [-0.39, 0.29) is 12.6 Å². The van der Waals surface area contributed by atoms with E-state index in [0.29, 0.717) is 24.4 Å². The number of ether oxygens (including phenoxy) is 1. The van der Waals surface area contributed by atoms with Crippen LogP contribution in [0.1, 0.15) is 29.7 Å². The van der Waals surface area contributed by atoms with Gasteiger partial charge in [0.2, 0.25) is 0 Å². The predicted molar refractivity (Wildman–Crippen MR) is 141 cm³/mol. The molecule has 1 unspecified atom stereocenters. The fourth-order valence-corrected chi connectivity index (χ4v) is 4.95. The van der Waals surface area contributed by atoms with Crippen LogP contribution in [0, 0.1) is 6.92 Å². The van der Waals surface area contributed by atoms with Gasteiger partial charge in [-0.2, -0.15) is 0 Å². The van der Waals surface area contributed by atoms with Crippen LogP contribution in [0.3, 0.4) is 0 Å². The Labute approximate surface area is 214 Å². The molecule has 0 aliphatic carbocycles. The fraction of sp³-hybridized carbons (Fsp3) is 0.379. The van der Waals surface area contributed by atoms with Crippen LogP contribution < -0.4 is 5.32 Å². The molecule has 1 saturated heterocycles. The SMILES string of the molecule is C=CCN1C(=O)NC(c2ccccc2C)C(C(=O)OCC)=C1CN1CCN(Cc2ccccc2)CC1. The molecule has 2 amide bonds. The van der Waals surface area contributed by atoms with Crippen molar-refractivity contribution in [1.82, 2.24) is 20.0 Å². The van der Waals surface area contributed by atoms with E-state index in [0.717, 1.165) is 43.9 Å². The summed E-state index contributed by atoms with van der Waals surface area (Å²) in [4.78, 5) is 33.0. The molecule has 0 radical (unpaired) electrons. The Balaban J connectivity index is 1.62. The van der Waals surface area contributed by atoms with Gasteiger partial charge < -0.3 is 10.1 Å². The van der Waals surface area contributed by atoms with Crippen LogP contribution in [0.15, 0.2) is 78.5 Å². The Morgan fingerprint density at radius 2 is 1.67 bits per heavy atom. The molecule has 0 bridgehead atoms. The lowest BCUT2D eigenvalue weighted by atomic mass is 9.91. The number of urea groups is 1. The van der Waals surface area contributed by atoms with Gasteiger partial charge in [0.1, 0.15) is 0 Å². The number of esters is 1. The Morgan fingerprint density at radius 1 is 1.03 bits per heavy atom. The van der Waals surface area contributed by atoms with E-state index in [9.17, 15) is 9.59 Å². The van der Waals surface area contributed by atoms with Crippen LogP contribution in [0.4, 0.5) is 4.79 Å². The number of aryl methyl sites for hydroxylation is 1. The number of nitrogens with one attached hydrogen (secondary N) is 1. The van der Waals surface area contributed by atoms with Crippen molar-refractivity contribution in [3.63, 3.8) is 0 Å². The van der Waals surface area contributed by atoms with E-state index >= 15 is 0 Å². The lowest BCUT2D eigenvalue weighted by Crippen LogP contribution is -2.53. The first-order chi connectivity index (χ1) is 17.5. The number of carbonyl (C=O) groups excluding carboxylic acids is 2. The molecule has 1 atom stereocenters. The zero-order valence-corrected chi connectivity index (χ0v) is 21.3. The molecule has 7 heteroatoms. The first kappa shape index (κ1) is 25.7. The van der Waals surface area contributed by atoms with Crippen molar-refractivity contribution in [2.75, 3.05) is 45.9 Å². The molecular weight excluding hydrogens is 452 g/mol. The number of piperazine rings is 1.